The first-order valence-corrected chi connectivity index (χ1v) is 2.80. The van der Waals surface area contributed by atoms with E-state index < -0.39 is 0 Å². The van der Waals surface area contributed by atoms with Gasteiger partial charge in [0.15, 0.2) is 10.9 Å². The fourth-order valence-electron chi connectivity index (χ4n) is 0.466. The van der Waals surface area contributed by atoms with Crippen LogP contribution in [0, 0.1) is 6.92 Å². The van der Waals surface area contributed by atoms with Gasteiger partial charge in [-0.25, -0.2) is 4.63 Å². The van der Waals surface area contributed by atoms with Gasteiger partial charge in [0.05, 0.1) is 0 Å². The van der Waals surface area contributed by atoms with E-state index in [1.165, 1.54) is 0 Å². The average Bonchev–Trinajstić information content (AvgIpc) is 2.34. The molecule has 1 aromatic rings. The van der Waals surface area contributed by atoms with E-state index in [1.807, 2.05) is 0 Å². The Morgan fingerprint density at radius 2 is 2.40 bits per heavy atom. The predicted molar refractivity (Wildman–Crippen MR) is 33.2 cm³/mol. The second-order valence-electron chi connectivity index (χ2n) is 1.59. The lowest BCUT2D eigenvalue weighted by atomic mass is 10.4. The van der Waals surface area contributed by atoms with Crippen LogP contribution in [0.3, 0.4) is 0 Å². The molecule has 54 valence electrons. The van der Waals surface area contributed by atoms with Crippen molar-refractivity contribution in [1.82, 2.24) is 10.3 Å². The van der Waals surface area contributed by atoms with E-state index in [0.717, 1.165) is 0 Å². The van der Waals surface area contributed by atoms with Gasteiger partial charge in [0.2, 0.25) is 0 Å². The fraction of sp³-hybridized carbons (Fsp3) is 0.250. The largest absolute Gasteiger partial charge is 0.410 e. The van der Waals surface area contributed by atoms with E-state index in [2.05, 4.69) is 20.1 Å². The zero-order valence-electron chi connectivity index (χ0n) is 5.08. The number of oxime groups is 1. The first kappa shape index (κ1) is 7.01. The van der Waals surface area contributed by atoms with Crippen LogP contribution in [-0.2, 0) is 0 Å². The molecule has 0 unspecified atom stereocenters. The second-order valence-corrected chi connectivity index (χ2v) is 1.95. The molecule has 10 heavy (non-hydrogen) atoms. The van der Waals surface area contributed by atoms with Crippen molar-refractivity contribution in [3.63, 3.8) is 0 Å². The minimum atomic E-state index is -0.126. The van der Waals surface area contributed by atoms with E-state index in [0.29, 0.717) is 5.69 Å². The van der Waals surface area contributed by atoms with Crippen LogP contribution < -0.4 is 0 Å². The Labute approximate surface area is 61.2 Å². The number of halogens is 1. The van der Waals surface area contributed by atoms with Gasteiger partial charge in [-0.05, 0) is 12.1 Å². The highest BCUT2D eigenvalue weighted by atomic mass is 35.5. The molecule has 6 heteroatoms. The number of hydrogen-bond acceptors (Lipinski definition) is 5. The van der Waals surface area contributed by atoms with Crippen LogP contribution in [0.5, 0.6) is 0 Å². The topological polar surface area (TPSA) is 71.5 Å². The highest BCUT2D eigenvalue weighted by molar-refractivity contribution is 6.69. The number of nitrogens with zero attached hydrogens (tertiary/aromatic N) is 3. The smallest absolute Gasteiger partial charge is 0.199 e. The molecule has 0 radical (unpaired) electrons. The van der Waals surface area contributed by atoms with Crippen molar-refractivity contribution < 1.29 is 9.84 Å². The quantitative estimate of drug-likeness (QED) is 0.375. The molecule has 0 saturated carbocycles. The van der Waals surface area contributed by atoms with Crippen molar-refractivity contribution in [3.8, 4) is 0 Å². The molecule has 0 fully saturated rings. The van der Waals surface area contributed by atoms with Crippen molar-refractivity contribution in [1.29, 1.82) is 0 Å². The summed E-state index contributed by atoms with van der Waals surface area (Å²) in [5.74, 6) is 0. The molecule has 0 atom stereocenters. The summed E-state index contributed by atoms with van der Waals surface area (Å²) >= 11 is 5.37. The highest BCUT2D eigenvalue weighted by Crippen LogP contribution is 2.04. The van der Waals surface area contributed by atoms with E-state index >= 15 is 0 Å². The molecular formula is C4H4ClN3O2. The molecule has 0 saturated heterocycles. The van der Waals surface area contributed by atoms with Crippen LogP contribution >= 0.6 is 11.6 Å². The molecule has 0 spiro atoms. The van der Waals surface area contributed by atoms with Crippen molar-refractivity contribution in [2.24, 2.45) is 5.16 Å². The molecule has 1 N–H and O–H groups in total. The first-order chi connectivity index (χ1) is 4.75. The van der Waals surface area contributed by atoms with Gasteiger partial charge in [-0.15, -0.1) is 0 Å². The Hall–Kier alpha value is -1.10. The third-order valence-corrected chi connectivity index (χ3v) is 1.19. The zero-order chi connectivity index (χ0) is 7.56. The molecule has 0 aliphatic rings. The Kier molecular flexibility index (Phi) is 1.86. The summed E-state index contributed by atoms with van der Waals surface area (Å²) in [4.78, 5) is 0. The van der Waals surface area contributed by atoms with Gasteiger partial charge in [-0.1, -0.05) is 21.9 Å². The monoisotopic (exact) mass is 161 g/mol. The minimum Gasteiger partial charge on any atom is -0.410 e. The Morgan fingerprint density at radius 3 is 2.80 bits per heavy atom. The number of aryl methyl sites for hydroxylation is 1. The Balaban J connectivity index is 3.05. The zero-order valence-corrected chi connectivity index (χ0v) is 5.83. The molecule has 5 nitrogen and oxygen atoms in total. The molecule has 0 aliphatic carbocycles. The minimum absolute atomic E-state index is 0.126. The third-order valence-electron chi connectivity index (χ3n) is 0.936. The number of aromatic nitrogens is 2. The first-order valence-electron chi connectivity index (χ1n) is 2.42. The summed E-state index contributed by atoms with van der Waals surface area (Å²) in [5, 5.41) is 17.6. The maximum absolute atomic E-state index is 8.18. The van der Waals surface area contributed by atoms with E-state index in [9.17, 15) is 0 Å². The normalized spacial score (nSPS) is 12.0. The van der Waals surface area contributed by atoms with Crippen LogP contribution in [0.4, 0.5) is 0 Å². The molecule has 0 amide bonds. The number of rotatable bonds is 1. The van der Waals surface area contributed by atoms with Gasteiger partial charge in [-0.3, -0.25) is 0 Å². The molecule has 1 rings (SSSR count). The van der Waals surface area contributed by atoms with Crippen LogP contribution in [0.25, 0.3) is 0 Å². The van der Waals surface area contributed by atoms with E-state index in [1.54, 1.807) is 6.92 Å². The molecule has 0 aliphatic heterocycles. The van der Waals surface area contributed by atoms with E-state index in [4.69, 9.17) is 16.8 Å². The maximum atomic E-state index is 8.18. The predicted octanol–water partition coefficient (Wildman–Crippen LogP) is 0.753. The van der Waals surface area contributed by atoms with Gasteiger partial charge in [0.25, 0.3) is 0 Å². The lowest BCUT2D eigenvalue weighted by molar-refractivity contribution is 0.302. The number of hydrogen-bond donors (Lipinski definition) is 1. The standard InChI is InChI=1S/C4H4ClN3O2/c1-2-3(4(5)6-9)8-10-7-2/h9H,1H3/b6-4-. The van der Waals surface area contributed by atoms with Crippen LogP contribution in [0.2, 0.25) is 0 Å². The molecular weight excluding hydrogens is 158 g/mol. The van der Waals surface area contributed by atoms with Gasteiger partial charge in [-0.2, -0.15) is 0 Å². The van der Waals surface area contributed by atoms with Gasteiger partial charge in [0, 0.05) is 0 Å². The lowest BCUT2D eigenvalue weighted by Gasteiger charge is -1.84. The Morgan fingerprint density at radius 1 is 1.70 bits per heavy atom. The van der Waals surface area contributed by atoms with Crippen molar-refractivity contribution in [2.45, 2.75) is 6.92 Å². The van der Waals surface area contributed by atoms with Crippen molar-refractivity contribution >= 4 is 16.8 Å². The molecule has 1 aromatic heterocycles. The summed E-state index contributed by atoms with van der Waals surface area (Å²) in [7, 11) is 0. The molecule has 0 aromatic carbocycles. The second kappa shape index (κ2) is 2.66. The van der Waals surface area contributed by atoms with Crippen LogP contribution in [-0.4, -0.2) is 20.7 Å². The summed E-state index contributed by atoms with van der Waals surface area (Å²) in [5.41, 5.74) is 0.743. The van der Waals surface area contributed by atoms with Crippen molar-refractivity contribution in [2.75, 3.05) is 0 Å². The van der Waals surface area contributed by atoms with Gasteiger partial charge in [0.1, 0.15) is 5.69 Å². The van der Waals surface area contributed by atoms with Gasteiger partial charge < -0.3 is 5.21 Å². The SMILES string of the molecule is Cc1nonc1/C(Cl)=N/O. The van der Waals surface area contributed by atoms with Crippen molar-refractivity contribution in [3.05, 3.63) is 11.4 Å². The Bertz CT molecular complexity index is 257. The third kappa shape index (κ3) is 1.08. The highest BCUT2D eigenvalue weighted by Gasteiger charge is 2.09. The summed E-state index contributed by atoms with van der Waals surface area (Å²) in [6.07, 6.45) is 0. The van der Waals surface area contributed by atoms with Crippen LogP contribution in [0.1, 0.15) is 11.4 Å². The molecule has 1 heterocycles. The summed E-state index contributed by atoms with van der Waals surface area (Å²) in [6, 6.07) is 0. The maximum Gasteiger partial charge on any atom is 0.199 e. The summed E-state index contributed by atoms with van der Waals surface area (Å²) < 4.78 is 4.29. The van der Waals surface area contributed by atoms with E-state index in [-0.39, 0.29) is 10.9 Å². The lowest BCUT2D eigenvalue weighted by Crippen LogP contribution is -1.93. The summed E-state index contributed by atoms with van der Waals surface area (Å²) in [6.45, 7) is 1.64. The van der Waals surface area contributed by atoms with Gasteiger partial charge >= 0.3 is 0 Å². The molecule has 0 bridgehead atoms. The average molecular weight is 162 g/mol. The fourth-order valence-corrected chi connectivity index (χ4v) is 0.637. The van der Waals surface area contributed by atoms with Crippen LogP contribution in [0.15, 0.2) is 9.78 Å².